The van der Waals surface area contributed by atoms with E-state index in [1.165, 1.54) is 7.11 Å². The molecule has 2 amide bonds. The normalized spacial score (nSPS) is 17.4. The Labute approximate surface area is 245 Å². The van der Waals surface area contributed by atoms with Gasteiger partial charge in [0.2, 0.25) is 5.91 Å². The van der Waals surface area contributed by atoms with Crippen molar-refractivity contribution in [3.63, 3.8) is 0 Å². The molecule has 3 aromatic carbocycles. The second-order valence-electron chi connectivity index (χ2n) is 10.3. The van der Waals surface area contributed by atoms with Gasteiger partial charge in [0.05, 0.1) is 38.6 Å². The number of carbonyl (C=O) groups excluding carboxylic acids is 2. The van der Waals surface area contributed by atoms with E-state index in [0.29, 0.717) is 25.3 Å². The van der Waals surface area contributed by atoms with Gasteiger partial charge in [-0.3, -0.25) is 9.48 Å². The molecule has 0 radical (unpaired) electrons. The average molecular weight is 569 g/mol. The number of alkyl carbamates (subject to hydrolysis) is 1. The van der Waals surface area contributed by atoms with Crippen molar-refractivity contribution in [2.24, 2.45) is 0 Å². The number of hydrogen-bond donors (Lipinski definition) is 3. The Hall–Kier alpha value is -4.54. The van der Waals surface area contributed by atoms with E-state index in [1.54, 1.807) is 10.9 Å². The Morgan fingerprint density at radius 1 is 1.02 bits per heavy atom. The fourth-order valence-corrected chi connectivity index (χ4v) is 5.30. The summed E-state index contributed by atoms with van der Waals surface area (Å²) in [4.78, 5) is 26.4. The molecule has 0 unspecified atom stereocenters. The van der Waals surface area contributed by atoms with E-state index >= 15 is 0 Å². The number of aromatic nitrogens is 3. The van der Waals surface area contributed by atoms with Crippen LogP contribution < -0.4 is 16.0 Å². The summed E-state index contributed by atoms with van der Waals surface area (Å²) in [6.45, 7) is 2.02. The predicted molar refractivity (Wildman–Crippen MR) is 159 cm³/mol. The van der Waals surface area contributed by atoms with Crippen LogP contribution in [0.3, 0.4) is 0 Å². The zero-order valence-corrected chi connectivity index (χ0v) is 23.6. The highest BCUT2D eigenvalue weighted by molar-refractivity contribution is 5.98. The van der Waals surface area contributed by atoms with Gasteiger partial charge in [0.1, 0.15) is 6.04 Å². The van der Waals surface area contributed by atoms with Gasteiger partial charge in [-0.2, -0.15) is 0 Å². The number of anilines is 1. The monoisotopic (exact) mass is 568 g/mol. The Morgan fingerprint density at radius 2 is 1.71 bits per heavy atom. The van der Waals surface area contributed by atoms with E-state index in [1.807, 2.05) is 91.1 Å². The first-order valence-electron chi connectivity index (χ1n) is 14.1. The number of hydrogen-bond acceptors (Lipinski definition) is 7. The number of carbonyl (C=O) groups is 2. The van der Waals surface area contributed by atoms with Crippen LogP contribution in [0, 0.1) is 0 Å². The molecule has 10 nitrogen and oxygen atoms in total. The summed E-state index contributed by atoms with van der Waals surface area (Å²) in [5.74, 6) is -0.775. The Balaban J connectivity index is 1.28. The van der Waals surface area contributed by atoms with Crippen LogP contribution in [0.2, 0.25) is 0 Å². The van der Waals surface area contributed by atoms with Crippen molar-refractivity contribution in [2.75, 3.05) is 25.6 Å². The highest BCUT2D eigenvalue weighted by Crippen LogP contribution is 2.30. The molecule has 1 aliphatic rings. The predicted octanol–water partition coefficient (Wildman–Crippen LogP) is 3.76. The Bertz CT molecular complexity index is 1370. The number of ether oxygens (including phenoxy) is 2. The lowest BCUT2D eigenvalue weighted by atomic mass is 9.84. The molecule has 0 spiro atoms. The molecule has 1 aromatic heterocycles. The lowest BCUT2D eigenvalue weighted by Gasteiger charge is -2.30. The molecule has 1 saturated heterocycles. The summed E-state index contributed by atoms with van der Waals surface area (Å²) in [6.07, 6.45) is 4.38. The minimum absolute atomic E-state index is 0.0510. The van der Waals surface area contributed by atoms with E-state index < -0.39 is 18.1 Å². The number of amides is 2. The lowest BCUT2D eigenvalue weighted by molar-refractivity contribution is -0.118. The molecule has 3 N–H and O–H groups in total. The molecule has 5 rings (SSSR count). The van der Waals surface area contributed by atoms with Crippen LogP contribution in [0.15, 0.2) is 97.3 Å². The van der Waals surface area contributed by atoms with Gasteiger partial charge in [-0.05, 0) is 35.6 Å². The second kappa shape index (κ2) is 14.4. The van der Waals surface area contributed by atoms with Gasteiger partial charge in [-0.15, -0.1) is 5.10 Å². The van der Waals surface area contributed by atoms with Crippen molar-refractivity contribution in [1.29, 1.82) is 0 Å². The minimum Gasteiger partial charge on any atom is -0.453 e. The molecular weight excluding hydrogens is 532 g/mol. The smallest absolute Gasteiger partial charge is 0.407 e. The Kier molecular flexibility index (Phi) is 9.92. The first-order valence-corrected chi connectivity index (χ1v) is 14.1. The summed E-state index contributed by atoms with van der Waals surface area (Å²) in [5, 5.41) is 17.3. The summed E-state index contributed by atoms with van der Waals surface area (Å²) >= 11 is 0. The molecular formula is C32H36N6O4. The maximum Gasteiger partial charge on any atom is 0.407 e. The van der Waals surface area contributed by atoms with E-state index in [0.717, 1.165) is 29.7 Å². The zero-order chi connectivity index (χ0) is 29.1. The zero-order valence-electron chi connectivity index (χ0n) is 23.6. The molecule has 42 heavy (non-hydrogen) atoms. The molecule has 1 aliphatic heterocycles. The summed E-state index contributed by atoms with van der Waals surface area (Å²) < 4.78 is 12.8. The number of nitrogens with one attached hydrogen (secondary N) is 3. The van der Waals surface area contributed by atoms with E-state index in [2.05, 4.69) is 26.3 Å². The van der Waals surface area contributed by atoms with E-state index in [4.69, 9.17) is 9.47 Å². The third-order valence-corrected chi connectivity index (χ3v) is 7.45. The molecule has 10 heteroatoms. The molecule has 4 aromatic rings. The van der Waals surface area contributed by atoms with E-state index in [-0.39, 0.29) is 18.1 Å². The first kappa shape index (κ1) is 29.0. The fourth-order valence-electron chi connectivity index (χ4n) is 5.30. The van der Waals surface area contributed by atoms with Crippen molar-refractivity contribution in [1.82, 2.24) is 25.6 Å². The number of benzene rings is 3. The second-order valence-corrected chi connectivity index (χ2v) is 10.3. The average Bonchev–Trinajstić information content (AvgIpc) is 3.55. The van der Waals surface area contributed by atoms with Crippen LogP contribution in [-0.4, -0.2) is 65.4 Å². The summed E-state index contributed by atoms with van der Waals surface area (Å²) in [5.41, 5.74) is 3.49. The summed E-state index contributed by atoms with van der Waals surface area (Å²) in [7, 11) is 1.29. The molecule has 0 aliphatic carbocycles. The van der Waals surface area contributed by atoms with Crippen LogP contribution in [0.25, 0.3) is 0 Å². The number of rotatable bonds is 11. The number of para-hydroxylation sites is 1. The van der Waals surface area contributed by atoms with Crippen LogP contribution in [0.1, 0.15) is 29.0 Å². The fraction of sp³-hybridized carbons (Fsp3) is 0.312. The van der Waals surface area contributed by atoms with Gasteiger partial charge < -0.3 is 25.4 Å². The minimum atomic E-state index is -0.928. The van der Waals surface area contributed by atoms with Crippen LogP contribution >= 0.6 is 0 Å². The maximum atomic E-state index is 13.9. The highest BCUT2D eigenvalue weighted by atomic mass is 16.5. The standard InChI is InChI=1S/C32H36N6O4/c1-41-32(40)36-30(29(24-11-4-2-5-12-24)25-13-6-3-7-14-25)31(39)35-28-15-9-8-10-23(28)16-17-27-20-33-26(22-42-27)21-38-19-18-34-37-38/h2-15,18-19,26-27,29-30,33H,16-17,20-22H2,1H3,(H,35,39)(H,36,40)/t26-,27-,30+/m1/s1. The number of aryl methyl sites for hydroxylation is 1. The van der Waals surface area contributed by atoms with E-state index in [9.17, 15) is 9.59 Å². The van der Waals surface area contributed by atoms with Gasteiger partial charge >= 0.3 is 6.09 Å². The van der Waals surface area contributed by atoms with Gasteiger partial charge in [0, 0.05) is 24.3 Å². The topological polar surface area (TPSA) is 119 Å². The molecule has 2 heterocycles. The largest absolute Gasteiger partial charge is 0.453 e. The van der Waals surface area contributed by atoms with Crippen molar-refractivity contribution in [3.05, 3.63) is 114 Å². The molecule has 0 saturated carbocycles. The lowest BCUT2D eigenvalue weighted by Crippen LogP contribution is -2.48. The highest BCUT2D eigenvalue weighted by Gasteiger charge is 2.33. The molecule has 3 atom stereocenters. The molecule has 1 fully saturated rings. The SMILES string of the molecule is COC(=O)N[C@H](C(=O)Nc1ccccc1CC[C@@H]1CN[C@H](Cn2ccnn2)CO1)C(c1ccccc1)c1ccccc1. The van der Waals surface area contributed by atoms with Gasteiger partial charge in [0.25, 0.3) is 0 Å². The van der Waals surface area contributed by atoms with Crippen molar-refractivity contribution in [2.45, 2.75) is 43.5 Å². The number of morpholine rings is 1. The van der Waals surface area contributed by atoms with Gasteiger partial charge in [-0.25, -0.2) is 4.79 Å². The van der Waals surface area contributed by atoms with Gasteiger partial charge in [0.15, 0.2) is 0 Å². The van der Waals surface area contributed by atoms with Crippen molar-refractivity contribution >= 4 is 17.7 Å². The van der Waals surface area contributed by atoms with Crippen LogP contribution in [-0.2, 0) is 27.2 Å². The van der Waals surface area contributed by atoms with Gasteiger partial charge in [-0.1, -0.05) is 84.1 Å². The summed E-state index contributed by atoms with van der Waals surface area (Å²) in [6, 6.07) is 26.4. The molecule has 218 valence electrons. The quantitative estimate of drug-likeness (QED) is 0.252. The van der Waals surface area contributed by atoms with Crippen molar-refractivity contribution < 1.29 is 19.1 Å². The third kappa shape index (κ3) is 7.59. The van der Waals surface area contributed by atoms with Crippen LogP contribution in [0.5, 0.6) is 0 Å². The number of methoxy groups -OCH3 is 1. The third-order valence-electron chi connectivity index (χ3n) is 7.45. The molecule has 0 bridgehead atoms. The first-order chi connectivity index (χ1) is 20.6. The van der Waals surface area contributed by atoms with Crippen molar-refractivity contribution in [3.8, 4) is 0 Å². The number of nitrogens with zero attached hydrogens (tertiary/aromatic N) is 3. The van der Waals surface area contributed by atoms with Crippen LogP contribution in [0.4, 0.5) is 10.5 Å². The Morgan fingerprint density at radius 3 is 2.33 bits per heavy atom. The maximum absolute atomic E-state index is 13.9.